The topological polar surface area (TPSA) is 86.2 Å². The molecule has 1 saturated heterocycles. The summed E-state index contributed by atoms with van der Waals surface area (Å²) >= 11 is 1.37. The fourth-order valence-corrected chi connectivity index (χ4v) is 5.61. The third-order valence-electron chi connectivity index (χ3n) is 5.96. The van der Waals surface area contributed by atoms with Crippen LogP contribution in [0.25, 0.3) is 11.1 Å². The Kier molecular flexibility index (Phi) is 5.89. The Bertz CT molecular complexity index is 1030. The van der Waals surface area contributed by atoms with E-state index in [-0.39, 0.29) is 42.7 Å². The molecular formula is C24H24N2O5S. The Morgan fingerprint density at radius 2 is 1.72 bits per heavy atom. The predicted molar refractivity (Wildman–Crippen MR) is 122 cm³/mol. The Labute approximate surface area is 190 Å². The van der Waals surface area contributed by atoms with Crippen molar-refractivity contribution in [1.29, 1.82) is 0 Å². The van der Waals surface area contributed by atoms with E-state index in [4.69, 9.17) is 14.2 Å². The van der Waals surface area contributed by atoms with Gasteiger partial charge in [-0.25, -0.2) is 4.79 Å². The van der Waals surface area contributed by atoms with Crippen molar-refractivity contribution in [2.24, 2.45) is 4.99 Å². The molecule has 0 radical (unpaired) electrons. The quantitative estimate of drug-likeness (QED) is 0.704. The van der Waals surface area contributed by atoms with Gasteiger partial charge in [0, 0.05) is 12.8 Å². The van der Waals surface area contributed by atoms with Crippen LogP contribution >= 0.6 is 11.8 Å². The lowest BCUT2D eigenvalue weighted by Crippen LogP contribution is -2.36. The zero-order valence-electron chi connectivity index (χ0n) is 17.7. The van der Waals surface area contributed by atoms with Gasteiger partial charge in [-0.15, -0.1) is 0 Å². The minimum Gasteiger partial charge on any atom is -0.463 e. The van der Waals surface area contributed by atoms with Crippen molar-refractivity contribution in [2.75, 3.05) is 13.2 Å². The van der Waals surface area contributed by atoms with Crippen molar-refractivity contribution < 1.29 is 23.8 Å². The summed E-state index contributed by atoms with van der Waals surface area (Å²) in [6, 6.07) is 16.5. The zero-order chi connectivity index (χ0) is 22.1. The second kappa shape index (κ2) is 8.96. The van der Waals surface area contributed by atoms with Gasteiger partial charge >= 0.3 is 12.1 Å². The maximum Gasteiger partial charge on any atom is 0.413 e. The first-order valence-electron chi connectivity index (χ1n) is 10.7. The number of rotatable bonds is 4. The Balaban J connectivity index is 1.16. The normalized spacial score (nSPS) is 23.5. The SMILES string of the molecule is CC(=O)OCC1CCC2N=C(NC(=O)OCC3c4ccccc4-c4ccccc43)SC2O1. The highest BCUT2D eigenvalue weighted by Crippen LogP contribution is 2.44. The summed E-state index contributed by atoms with van der Waals surface area (Å²) in [6.07, 6.45) is 0.917. The first-order valence-corrected chi connectivity index (χ1v) is 11.6. The van der Waals surface area contributed by atoms with E-state index >= 15 is 0 Å². The molecule has 1 N–H and O–H groups in total. The van der Waals surface area contributed by atoms with Crippen LogP contribution in [-0.4, -0.2) is 48.0 Å². The number of ether oxygens (including phenoxy) is 3. The number of aliphatic imine (C=N–C) groups is 1. The van der Waals surface area contributed by atoms with E-state index in [1.807, 2.05) is 24.3 Å². The highest BCUT2D eigenvalue weighted by Gasteiger charge is 2.38. The van der Waals surface area contributed by atoms with Gasteiger partial charge in [-0.05, 0) is 35.1 Å². The molecule has 1 amide bonds. The molecule has 2 aliphatic heterocycles. The molecule has 2 aromatic carbocycles. The first kappa shape index (κ1) is 21.0. The lowest BCUT2D eigenvalue weighted by atomic mass is 9.98. The number of hydrogen-bond acceptors (Lipinski definition) is 7. The molecule has 32 heavy (non-hydrogen) atoms. The summed E-state index contributed by atoms with van der Waals surface area (Å²) < 4.78 is 16.6. The van der Waals surface area contributed by atoms with Crippen LogP contribution in [-0.2, 0) is 19.0 Å². The number of fused-ring (bicyclic) bond motifs is 4. The summed E-state index contributed by atoms with van der Waals surface area (Å²) in [7, 11) is 0. The third-order valence-corrected chi connectivity index (χ3v) is 7.05. The number of benzene rings is 2. The molecule has 3 unspecified atom stereocenters. The van der Waals surface area contributed by atoms with Crippen LogP contribution in [0.4, 0.5) is 4.79 Å². The average Bonchev–Trinajstić information content (AvgIpc) is 3.34. The van der Waals surface area contributed by atoms with Gasteiger partial charge in [-0.3, -0.25) is 15.1 Å². The van der Waals surface area contributed by atoms with Crippen LogP contribution in [0.2, 0.25) is 0 Å². The molecule has 1 aliphatic carbocycles. The van der Waals surface area contributed by atoms with E-state index in [2.05, 4.69) is 34.6 Å². The molecule has 0 bridgehead atoms. The number of alkyl carbamates (subject to hydrolysis) is 1. The van der Waals surface area contributed by atoms with E-state index in [1.165, 1.54) is 40.9 Å². The van der Waals surface area contributed by atoms with Gasteiger partial charge in [-0.1, -0.05) is 60.3 Å². The fourth-order valence-electron chi connectivity index (χ4n) is 4.48. The van der Waals surface area contributed by atoms with Gasteiger partial charge in [0.25, 0.3) is 0 Å². The van der Waals surface area contributed by atoms with Gasteiger partial charge in [-0.2, -0.15) is 0 Å². The van der Waals surface area contributed by atoms with E-state index in [0.29, 0.717) is 5.17 Å². The molecule has 166 valence electrons. The van der Waals surface area contributed by atoms with Crippen LogP contribution in [0.3, 0.4) is 0 Å². The molecule has 2 aromatic rings. The standard InChI is InChI=1S/C24H24N2O5S/c1-14(27)29-12-15-10-11-21-22(31-15)32-23(25-21)26-24(28)30-13-20-18-8-4-2-6-16(18)17-7-3-5-9-19(17)20/h2-9,15,20-22H,10-13H2,1H3,(H,25,26,28). The fraction of sp³-hybridized carbons (Fsp3) is 0.375. The Morgan fingerprint density at radius 1 is 1.03 bits per heavy atom. The molecule has 3 aliphatic rings. The molecule has 2 heterocycles. The minimum absolute atomic E-state index is 0.0132. The summed E-state index contributed by atoms with van der Waals surface area (Å²) in [5, 5.41) is 3.26. The van der Waals surface area contributed by atoms with Crippen molar-refractivity contribution in [1.82, 2.24) is 5.32 Å². The van der Waals surface area contributed by atoms with Crippen molar-refractivity contribution in [3.8, 4) is 11.1 Å². The van der Waals surface area contributed by atoms with Crippen molar-refractivity contribution in [3.05, 3.63) is 59.7 Å². The predicted octanol–water partition coefficient (Wildman–Crippen LogP) is 4.06. The lowest BCUT2D eigenvalue weighted by Gasteiger charge is -2.29. The van der Waals surface area contributed by atoms with E-state index < -0.39 is 6.09 Å². The molecule has 7 nitrogen and oxygen atoms in total. The maximum atomic E-state index is 12.5. The number of thioether (sulfide) groups is 1. The highest BCUT2D eigenvalue weighted by molar-refractivity contribution is 8.14. The number of nitrogens with zero attached hydrogens (tertiary/aromatic N) is 1. The number of esters is 1. The van der Waals surface area contributed by atoms with Gasteiger partial charge < -0.3 is 14.2 Å². The monoisotopic (exact) mass is 452 g/mol. The van der Waals surface area contributed by atoms with Gasteiger partial charge in [0.1, 0.15) is 18.6 Å². The number of nitrogens with one attached hydrogen (secondary N) is 1. The molecule has 0 spiro atoms. The summed E-state index contributed by atoms with van der Waals surface area (Å²) in [5.41, 5.74) is 4.54. The van der Waals surface area contributed by atoms with Crippen molar-refractivity contribution in [2.45, 2.75) is 43.3 Å². The molecule has 1 fully saturated rings. The second-order valence-electron chi connectivity index (χ2n) is 8.08. The first-order chi connectivity index (χ1) is 15.6. The molecule has 0 saturated carbocycles. The highest BCUT2D eigenvalue weighted by atomic mass is 32.2. The Hall–Kier alpha value is -2.84. The molecule has 8 heteroatoms. The number of amidine groups is 1. The summed E-state index contributed by atoms with van der Waals surface area (Å²) in [5.74, 6) is -0.303. The van der Waals surface area contributed by atoms with Crippen LogP contribution in [0.1, 0.15) is 36.8 Å². The number of amides is 1. The van der Waals surface area contributed by atoms with Crippen LogP contribution in [0.15, 0.2) is 53.5 Å². The molecule has 0 aromatic heterocycles. The zero-order valence-corrected chi connectivity index (χ0v) is 18.5. The Morgan fingerprint density at radius 3 is 2.41 bits per heavy atom. The summed E-state index contributed by atoms with van der Waals surface area (Å²) in [6.45, 7) is 1.88. The number of carbonyl (C=O) groups excluding carboxylic acids is 2. The van der Waals surface area contributed by atoms with Gasteiger partial charge in [0.15, 0.2) is 5.17 Å². The molecule has 3 atom stereocenters. The number of hydrogen-bond donors (Lipinski definition) is 1. The van der Waals surface area contributed by atoms with Gasteiger partial charge in [0.05, 0.1) is 12.1 Å². The molecule has 5 rings (SSSR count). The van der Waals surface area contributed by atoms with Crippen LogP contribution in [0.5, 0.6) is 0 Å². The van der Waals surface area contributed by atoms with E-state index in [0.717, 1.165) is 12.8 Å². The second-order valence-corrected chi connectivity index (χ2v) is 9.16. The average molecular weight is 453 g/mol. The number of carbonyl (C=O) groups is 2. The van der Waals surface area contributed by atoms with Crippen LogP contribution in [0, 0.1) is 0 Å². The maximum absolute atomic E-state index is 12.5. The van der Waals surface area contributed by atoms with Crippen LogP contribution < -0.4 is 5.32 Å². The molecular weight excluding hydrogens is 428 g/mol. The smallest absolute Gasteiger partial charge is 0.413 e. The minimum atomic E-state index is -0.520. The third kappa shape index (κ3) is 4.25. The lowest BCUT2D eigenvalue weighted by molar-refractivity contribution is -0.147. The largest absolute Gasteiger partial charge is 0.463 e. The van der Waals surface area contributed by atoms with E-state index in [1.54, 1.807) is 0 Å². The van der Waals surface area contributed by atoms with Gasteiger partial charge in [0.2, 0.25) is 0 Å². The van der Waals surface area contributed by atoms with Crippen molar-refractivity contribution >= 4 is 29.0 Å². The summed E-state index contributed by atoms with van der Waals surface area (Å²) in [4.78, 5) is 28.1. The van der Waals surface area contributed by atoms with Crippen molar-refractivity contribution in [3.63, 3.8) is 0 Å². The van der Waals surface area contributed by atoms with E-state index in [9.17, 15) is 9.59 Å².